The van der Waals surface area contributed by atoms with Gasteiger partial charge in [-0.05, 0) is 37.7 Å². The molecule has 0 heterocycles. The van der Waals surface area contributed by atoms with Crippen molar-refractivity contribution in [1.29, 1.82) is 0 Å². The highest BCUT2D eigenvalue weighted by molar-refractivity contribution is 5.69. The van der Waals surface area contributed by atoms with E-state index in [0.29, 0.717) is 11.7 Å². The van der Waals surface area contributed by atoms with Crippen molar-refractivity contribution in [2.45, 2.75) is 51.5 Å². The first-order valence-corrected chi connectivity index (χ1v) is 7.40. The summed E-state index contributed by atoms with van der Waals surface area (Å²) in [6.45, 7) is 2.24. The van der Waals surface area contributed by atoms with Crippen molar-refractivity contribution in [3.8, 4) is 0 Å². The second-order valence-electron chi connectivity index (χ2n) is 5.68. The van der Waals surface area contributed by atoms with E-state index in [4.69, 9.17) is 5.73 Å². The zero-order valence-electron chi connectivity index (χ0n) is 12.0. The number of non-ortho nitro benzene ring substituents is 1. The van der Waals surface area contributed by atoms with Crippen molar-refractivity contribution in [3.63, 3.8) is 0 Å². The minimum absolute atomic E-state index is 0.0414. The van der Waals surface area contributed by atoms with Crippen LogP contribution in [0.3, 0.4) is 0 Å². The van der Waals surface area contributed by atoms with Crippen LogP contribution in [-0.2, 0) is 0 Å². The molecule has 0 aliphatic heterocycles. The van der Waals surface area contributed by atoms with Crippen molar-refractivity contribution in [2.75, 3.05) is 11.1 Å². The molecule has 1 aromatic rings. The Bertz CT molecular complexity index is 468. The third kappa shape index (κ3) is 3.62. The zero-order chi connectivity index (χ0) is 14.5. The number of hydrogen-bond acceptors (Lipinski definition) is 4. The van der Waals surface area contributed by atoms with Gasteiger partial charge in [-0.25, -0.2) is 0 Å². The lowest BCUT2D eigenvalue weighted by atomic mass is 9.83. The molecule has 110 valence electrons. The van der Waals surface area contributed by atoms with E-state index in [1.54, 1.807) is 6.07 Å². The highest BCUT2D eigenvalue weighted by atomic mass is 16.6. The molecule has 1 saturated carbocycles. The lowest BCUT2D eigenvalue weighted by Gasteiger charge is -2.30. The van der Waals surface area contributed by atoms with E-state index >= 15 is 0 Å². The molecule has 3 N–H and O–H groups in total. The van der Waals surface area contributed by atoms with E-state index in [1.165, 1.54) is 37.8 Å². The van der Waals surface area contributed by atoms with Crippen LogP contribution in [0, 0.1) is 16.0 Å². The number of nitrogens with two attached hydrogens (primary N) is 1. The van der Waals surface area contributed by atoms with Gasteiger partial charge in [-0.1, -0.05) is 19.8 Å². The molecule has 0 saturated heterocycles. The second-order valence-corrected chi connectivity index (χ2v) is 5.68. The van der Waals surface area contributed by atoms with Crippen LogP contribution in [0.2, 0.25) is 0 Å². The molecule has 1 aromatic carbocycles. The quantitative estimate of drug-likeness (QED) is 0.485. The summed E-state index contributed by atoms with van der Waals surface area (Å²) in [7, 11) is 0. The van der Waals surface area contributed by atoms with Gasteiger partial charge in [0.25, 0.3) is 5.69 Å². The average molecular weight is 277 g/mol. The van der Waals surface area contributed by atoms with Crippen molar-refractivity contribution < 1.29 is 4.92 Å². The Morgan fingerprint density at radius 3 is 2.60 bits per heavy atom. The maximum absolute atomic E-state index is 10.7. The van der Waals surface area contributed by atoms with Crippen LogP contribution >= 0.6 is 0 Å². The summed E-state index contributed by atoms with van der Waals surface area (Å²) in [5.41, 5.74) is 7.19. The molecule has 0 aromatic heterocycles. The first-order valence-electron chi connectivity index (χ1n) is 7.40. The number of nitro groups is 1. The largest absolute Gasteiger partial charge is 0.397 e. The highest BCUT2D eigenvalue weighted by Gasteiger charge is 2.21. The molecule has 5 heteroatoms. The first kappa shape index (κ1) is 14.6. The van der Waals surface area contributed by atoms with E-state index in [1.807, 2.05) is 0 Å². The van der Waals surface area contributed by atoms with Crippen molar-refractivity contribution >= 4 is 17.1 Å². The number of nitrogen functional groups attached to an aromatic ring is 1. The van der Waals surface area contributed by atoms with Crippen LogP contribution in [0.15, 0.2) is 18.2 Å². The molecule has 20 heavy (non-hydrogen) atoms. The maximum Gasteiger partial charge on any atom is 0.271 e. The molecule has 0 bridgehead atoms. The fourth-order valence-corrected chi connectivity index (χ4v) is 3.02. The number of benzene rings is 1. The molecule has 0 spiro atoms. The lowest BCUT2D eigenvalue weighted by molar-refractivity contribution is -0.384. The van der Waals surface area contributed by atoms with Crippen LogP contribution in [0.4, 0.5) is 17.1 Å². The van der Waals surface area contributed by atoms with Gasteiger partial charge in [-0.2, -0.15) is 0 Å². The monoisotopic (exact) mass is 277 g/mol. The van der Waals surface area contributed by atoms with Gasteiger partial charge in [0.1, 0.15) is 0 Å². The van der Waals surface area contributed by atoms with E-state index in [2.05, 4.69) is 12.2 Å². The number of nitro benzene ring substituents is 1. The molecule has 0 amide bonds. The molecule has 1 fully saturated rings. The van der Waals surface area contributed by atoms with Gasteiger partial charge in [0.15, 0.2) is 0 Å². The summed E-state index contributed by atoms with van der Waals surface area (Å²) in [4.78, 5) is 10.3. The number of nitrogens with zero attached hydrogens (tertiary/aromatic N) is 1. The molecule has 0 atom stereocenters. The van der Waals surface area contributed by atoms with Crippen molar-refractivity contribution in [3.05, 3.63) is 28.3 Å². The Morgan fingerprint density at radius 2 is 2.05 bits per heavy atom. The third-order valence-corrected chi connectivity index (χ3v) is 4.15. The van der Waals surface area contributed by atoms with Crippen molar-refractivity contribution in [1.82, 2.24) is 0 Å². The van der Waals surface area contributed by atoms with Crippen LogP contribution < -0.4 is 11.1 Å². The van der Waals surface area contributed by atoms with Gasteiger partial charge in [-0.15, -0.1) is 0 Å². The molecule has 1 aliphatic carbocycles. The van der Waals surface area contributed by atoms with E-state index < -0.39 is 4.92 Å². The Morgan fingerprint density at radius 1 is 1.35 bits per heavy atom. The Balaban J connectivity index is 1.93. The summed E-state index contributed by atoms with van der Waals surface area (Å²) in [6.07, 6.45) is 7.42. The van der Waals surface area contributed by atoms with Gasteiger partial charge >= 0.3 is 0 Å². The molecule has 2 rings (SSSR count). The first-order chi connectivity index (χ1) is 9.60. The summed E-state index contributed by atoms with van der Waals surface area (Å²) in [6, 6.07) is 5.07. The molecule has 5 nitrogen and oxygen atoms in total. The number of anilines is 2. The molecular weight excluding hydrogens is 254 g/mol. The summed E-state index contributed by atoms with van der Waals surface area (Å²) < 4.78 is 0. The Kier molecular flexibility index (Phi) is 4.82. The van der Waals surface area contributed by atoms with Gasteiger partial charge in [0.05, 0.1) is 16.3 Å². The van der Waals surface area contributed by atoms with Crippen LogP contribution in [0.25, 0.3) is 0 Å². The minimum atomic E-state index is -0.421. The number of hydrogen-bond donors (Lipinski definition) is 2. The van der Waals surface area contributed by atoms with Crippen molar-refractivity contribution in [2.24, 2.45) is 5.92 Å². The normalized spacial score (nSPS) is 22.4. The van der Waals surface area contributed by atoms with Gasteiger partial charge < -0.3 is 11.1 Å². The molecule has 0 unspecified atom stereocenters. The van der Waals surface area contributed by atoms with Crippen LogP contribution in [0.5, 0.6) is 0 Å². The van der Waals surface area contributed by atoms with E-state index in [0.717, 1.165) is 24.4 Å². The summed E-state index contributed by atoms with van der Waals surface area (Å²) >= 11 is 0. The van der Waals surface area contributed by atoms with Gasteiger partial charge in [0.2, 0.25) is 0 Å². The van der Waals surface area contributed by atoms with E-state index in [-0.39, 0.29) is 5.69 Å². The predicted octanol–water partition coefficient (Wildman–Crippen LogP) is 3.95. The SMILES string of the molecule is CCCC1CCC(Nc2ccc([N+](=O)[O-])cc2N)CC1. The second kappa shape index (κ2) is 6.59. The van der Waals surface area contributed by atoms with Crippen LogP contribution in [0.1, 0.15) is 45.4 Å². The fourth-order valence-electron chi connectivity index (χ4n) is 3.02. The van der Waals surface area contributed by atoms with E-state index in [9.17, 15) is 10.1 Å². The Hall–Kier alpha value is -1.78. The highest BCUT2D eigenvalue weighted by Crippen LogP contribution is 2.31. The fraction of sp³-hybridized carbons (Fsp3) is 0.600. The zero-order valence-corrected chi connectivity index (χ0v) is 12.0. The number of nitrogens with one attached hydrogen (secondary N) is 1. The average Bonchev–Trinajstić information content (AvgIpc) is 2.43. The topological polar surface area (TPSA) is 81.2 Å². The predicted molar refractivity (Wildman–Crippen MR) is 81.8 cm³/mol. The third-order valence-electron chi connectivity index (χ3n) is 4.15. The van der Waals surface area contributed by atoms with Crippen LogP contribution in [-0.4, -0.2) is 11.0 Å². The molecule has 1 aliphatic rings. The standard InChI is InChI=1S/C15H23N3O2/c1-2-3-11-4-6-12(7-5-11)17-15-9-8-13(18(19)20)10-14(15)16/h8-12,17H,2-7,16H2,1H3. The number of rotatable bonds is 5. The molecule has 0 radical (unpaired) electrons. The maximum atomic E-state index is 10.7. The summed E-state index contributed by atoms with van der Waals surface area (Å²) in [5, 5.41) is 14.1. The van der Waals surface area contributed by atoms with Gasteiger partial charge in [-0.3, -0.25) is 10.1 Å². The minimum Gasteiger partial charge on any atom is -0.397 e. The molecular formula is C15H23N3O2. The Labute approximate surface area is 119 Å². The van der Waals surface area contributed by atoms with Gasteiger partial charge in [0, 0.05) is 18.2 Å². The summed E-state index contributed by atoms with van der Waals surface area (Å²) in [5.74, 6) is 0.868. The smallest absolute Gasteiger partial charge is 0.271 e. The lowest BCUT2D eigenvalue weighted by Crippen LogP contribution is -2.26.